The van der Waals surface area contributed by atoms with Gasteiger partial charge in [-0.2, -0.15) is 0 Å². The molecule has 6 heteroatoms. The number of ether oxygens (including phenoxy) is 2. The third-order valence-electron chi connectivity index (χ3n) is 2.90. The molecule has 0 aliphatic rings. The fraction of sp³-hybridized carbons (Fsp3) is 0.500. The van der Waals surface area contributed by atoms with E-state index in [0.717, 1.165) is 5.56 Å². The number of hydrogen-bond donors (Lipinski definition) is 2. The lowest BCUT2D eigenvalue weighted by molar-refractivity contribution is -0.124. The van der Waals surface area contributed by atoms with Gasteiger partial charge in [0, 0.05) is 24.6 Å². The second kappa shape index (κ2) is 9.44. The molecule has 0 fully saturated rings. The summed E-state index contributed by atoms with van der Waals surface area (Å²) in [5.74, 6) is 1.27. The van der Waals surface area contributed by atoms with Crippen molar-refractivity contribution in [1.82, 2.24) is 10.6 Å². The molecule has 1 rings (SSSR count). The molecule has 0 bridgehead atoms. The van der Waals surface area contributed by atoms with Gasteiger partial charge in [0.1, 0.15) is 0 Å². The summed E-state index contributed by atoms with van der Waals surface area (Å²) in [7, 11) is 5.01. The molecule has 0 aliphatic carbocycles. The Hall–Kier alpha value is -1.46. The van der Waals surface area contributed by atoms with Crippen LogP contribution in [0, 0.1) is 5.92 Å². The lowest BCUT2D eigenvalue weighted by Gasteiger charge is -2.15. The molecule has 0 aromatic heterocycles. The number of nitrogens with one attached hydrogen (secondary N) is 2. The molecule has 0 spiro atoms. The van der Waals surface area contributed by atoms with Crippen molar-refractivity contribution < 1.29 is 14.3 Å². The molecule has 114 valence electrons. The van der Waals surface area contributed by atoms with E-state index in [0.29, 0.717) is 24.6 Å². The van der Waals surface area contributed by atoms with Crippen LogP contribution in [0.1, 0.15) is 12.5 Å². The van der Waals surface area contributed by atoms with Crippen LogP contribution in [0.25, 0.3) is 0 Å². The van der Waals surface area contributed by atoms with Crippen molar-refractivity contribution in [2.45, 2.75) is 13.5 Å². The maximum atomic E-state index is 11.8. The number of para-hydroxylation sites is 1. The molecule has 0 heterocycles. The molecule has 2 N–H and O–H groups in total. The minimum Gasteiger partial charge on any atom is -0.493 e. The van der Waals surface area contributed by atoms with Gasteiger partial charge in [-0.25, -0.2) is 0 Å². The molecule has 1 aromatic carbocycles. The third-order valence-corrected chi connectivity index (χ3v) is 2.90. The van der Waals surface area contributed by atoms with Gasteiger partial charge in [-0.1, -0.05) is 19.1 Å². The minimum atomic E-state index is -0.0680. The summed E-state index contributed by atoms with van der Waals surface area (Å²) in [6.07, 6.45) is 0. The number of halogens is 1. The molecular weight excluding hydrogens is 280 g/mol. The second-order valence-corrected chi connectivity index (χ2v) is 4.33. The Labute approximate surface area is 126 Å². The highest BCUT2D eigenvalue weighted by molar-refractivity contribution is 5.85. The monoisotopic (exact) mass is 302 g/mol. The Morgan fingerprint density at radius 3 is 2.55 bits per heavy atom. The van der Waals surface area contributed by atoms with Crippen molar-refractivity contribution in [2.75, 3.05) is 27.8 Å². The Balaban J connectivity index is 0.00000361. The molecule has 1 unspecified atom stereocenters. The van der Waals surface area contributed by atoms with E-state index in [9.17, 15) is 4.79 Å². The quantitative estimate of drug-likeness (QED) is 0.803. The normalized spacial score (nSPS) is 11.2. The second-order valence-electron chi connectivity index (χ2n) is 4.33. The first-order valence-corrected chi connectivity index (χ1v) is 6.26. The zero-order valence-electron chi connectivity index (χ0n) is 12.4. The van der Waals surface area contributed by atoms with Crippen LogP contribution in [0.4, 0.5) is 0 Å². The smallest absolute Gasteiger partial charge is 0.224 e. The highest BCUT2D eigenvalue weighted by Crippen LogP contribution is 2.30. The summed E-state index contributed by atoms with van der Waals surface area (Å²) in [5.41, 5.74) is 0.895. The molecule has 0 saturated carbocycles. The highest BCUT2D eigenvalue weighted by Gasteiger charge is 2.14. The topological polar surface area (TPSA) is 59.6 Å². The Morgan fingerprint density at radius 1 is 1.30 bits per heavy atom. The first-order chi connectivity index (χ1) is 9.13. The fourth-order valence-corrected chi connectivity index (χ4v) is 1.85. The molecule has 5 nitrogen and oxygen atoms in total. The maximum absolute atomic E-state index is 11.8. The van der Waals surface area contributed by atoms with Crippen LogP contribution >= 0.6 is 12.4 Å². The van der Waals surface area contributed by atoms with Crippen molar-refractivity contribution in [2.24, 2.45) is 5.92 Å². The van der Waals surface area contributed by atoms with Gasteiger partial charge in [-0.3, -0.25) is 4.79 Å². The van der Waals surface area contributed by atoms with Crippen LogP contribution in [-0.2, 0) is 11.3 Å². The van der Waals surface area contributed by atoms with Gasteiger partial charge < -0.3 is 20.1 Å². The Bertz CT molecular complexity index is 427. The van der Waals surface area contributed by atoms with Gasteiger partial charge >= 0.3 is 0 Å². The SMILES string of the molecule is CNCC(C)C(=O)NCc1cccc(OC)c1OC.Cl. The molecule has 0 radical (unpaired) electrons. The summed E-state index contributed by atoms with van der Waals surface area (Å²) in [6, 6.07) is 5.61. The van der Waals surface area contributed by atoms with Crippen molar-refractivity contribution >= 4 is 18.3 Å². The number of methoxy groups -OCH3 is 2. The van der Waals surface area contributed by atoms with Crippen LogP contribution in [0.3, 0.4) is 0 Å². The van der Waals surface area contributed by atoms with E-state index in [2.05, 4.69) is 10.6 Å². The van der Waals surface area contributed by atoms with E-state index in [4.69, 9.17) is 9.47 Å². The van der Waals surface area contributed by atoms with Gasteiger partial charge in [0.25, 0.3) is 0 Å². The number of rotatable bonds is 7. The molecule has 0 aliphatic heterocycles. The zero-order chi connectivity index (χ0) is 14.3. The number of hydrogen-bond acceptors (Lipinski definition) is 4. The average molecular weight is 303 g/mol. The van der Waals surface area contributed by atoms with E-state index < -0.39 is 0 Å². The van der Waals surface area contributed by atoms with Gasteiger partial charge in [0.2, 0.25) is 5.91 Å². The number of carbonyl (C=O) groups excluding carboxylic acids is 1. The van der Waals surface area contributed by atoms with E-state index in [-0.39, 0.29) is 24.2 Å². The van der Waals surface area contributed by atoms with E-state index in [1.165, 1.54) is 0 Å². The van der Waals surface area contributed by atoms with E-state index >= 15 is 0 Å². The summed E-state index contributed by atoms with van der Waals surface area (Å²) in [5, 5.41) is 5.88. The number of benzene rings is 1. The van der Waals surface area contributed by atoms with E-state index in [1.807, 2.05) is 32.2 Å². The van der Waals surface area contributed by atoms with Crippen LogP contribution in [0.2, 0.25) is 0 Å². The summed E-state index contributed by atoms with van der Waals surface area (Å²) in [4.78, 5) is 11.8. The standard InChI is InChI=1S/C14H22N2O3.ClH/c1-10(8-15-2)14(17)16-9-11-6-5-7-12(18-3)13(11)19-4;/h5-7,10,15H,8-9H2,1-4H3,(H,16,17);1H. The van der Waals surface area contributed by atoms with Gasteiger partial charge in [0.05, 0.1) is 14.2 Å². The molecule has 0 saturated heterocycles. The predicted octanol–water partition coefficient (Wildman–Crippen LogP) is 1.60. The van der Waals surface area contributed by atoms with Crippen molar-refractivity contribution in [3.05, 3.63) is 23.8 Å². The lowest BCUT2D eigenvalue weighted by Crippen LogP contribution is -2.33. The largest absolute Gasteiger partial charge is 0.493 e. The number of amides is 1. The van der Waals surface area contributed by atoms with Gasteiger partial charge in [0.15, 0.2) is 11.5 Å². The van der Waals surface area contributed by atoms with Gasteiger partial charge in [-0.15, -0.1) is 12.4 Å². The predicted molar refractivity (Wildman–Crippen MR) is 81.7 cm³/mol. The number of carbonyl (C=O) groups is 1. The van der Waals surface area contributed by atoms with E-state index in [1.54, 1.807) is 14.2 Å². The Kier molecular flexibility index (Phi) is 8.76. The molecule has 1 aromatic rings. The van der Waals surface area contributed by atoms with Crippen LogP contribution in [0.15, 0.2) is 18.2 Å². The average Bonchev–Trinajstić information content (AvgIpc) is 2.44. The van der Waals surface area contributed by atoms with Crippen LogP contribution in [0.5, 0.6) is 11.5 Å². The Morgan fingerprint density at radius 2 is 2.00 bits per heavy atom. The van der Waals surface area contributed by atoms with Crippen molar-refractivity contribution in [3.8, 4) is 11.5 Å². The lowest BCUT2D eigenvalue weighted by atomic mass is 10.1. The molecular formula is C14H23ClN2O3. The van der Waals surface area contributed by atoms with Crippen molar-refractivity contribution in [3.63, 3.8) is 0 Å². The van der Waals surface area contributed by atoms with Gasteiger partial charge in [-0.05, 0) is 13.1 Å². The van der Waals surface area contributed by atoms with Crippen molar-refractivity contribution in [1.29, 1.82) is 0 Å². The first kappa shape index (κ1) is 18.5. The summed E-state index contributed by atoms with van der Waals surface area (Å²) in [6.45, 7) is 2.96. The third kappa shape index (κ3) is 4.90. The molecule has 1 amide bonds. The zero-order valence-corrected chi connectivity index (χ0v) is 13.2. The molecule has 20 heavy (non-hydrogen) atoms. The summed E-state index contributed by atoms with van der Waals surface area (Å²) >= 11 is 0. The summed E-state index contributed by atoms with van der Waals surface area (Å²) < 4.78 is 10.5. The fourth-order valence-electron chi connectivity index (χ4n) is 1.85. The minimum absolute atomic E-state index is 0. The highest BCUT2D eigenvalue weighted by atomic mass is 35.5. The maximum Gasteiger partial charge on any atom is 0.224 e. The first-order valence-electron chi connectivity index (χ1n) is 6.26. The van der Waals surface area contributed by atoms with Crippen LogP contribution < -0.4 is 20.1 Å². The molecule has 1 atom stereocenters. The van der Waals surface area contributed by atoms with Crippen LogP contribution in [-0.4, -0.2) is 33.7 Å².